The second-order valence-corrected chi connectivity index (χ2v) is 6.58. The van der Waals surface area contributed by atoms with Gasteiger partial charge in [-0.3, -0.25) is 9.59 Å². The predicted octanol–water partition coefficient (Wildman–Crippen LogP) is 3.52. The molecule has 0 saturated carbocycles. The van der Waals surface area contributed by atoms with Gasteiger partial charge in [0.2, 0.25) is 11.8 Å². The topological polar surface area (TPSA) is 49.4 Å². The third-order valence-electron chi connectivity index (χ3n) is 4.65. The Morgan fingerprint density at radius 3 is 2.41 bits per heavy atom. The molecular formula is C20H19F3N2O2. The fraction of sp³-hybridized carbons (Fsp3) is 0.300. The van der Waals surface area contributed by atoms with Gasteiger partial charge < -0.3 is 10.2 Å². The number of carbonyl (C=O) groups is 2. The van der Waals surface area contributed by atoms with Crippen molar-refractivity contribution in [3.05, 3.63) is 65.5 Å². The largest absolute Gasteiger partial charge is 0.342 e. The van der Waals surface area contributed by atoms with Crippen molar-refractivity contribution in [2.75, 3.05) is 18.4 Å². The van der Waals surface area contributed by atoms with E-state index in [-0.39, 0.29) is 35.7 Å². The first kappa shape index (κ1) is 18.9. The monoisotopic (exact) mass is 376 g/mol. The van der Waals surface area contributed by atoms with Gasteiger partial charge in [-0.15, -0.1) is 0 Å². The molecule has 1 saturated heterocycles. The second kappa shape index (κ2) is 8.24. The number of hydrogen-bond acceptors (Lipinski definition) is 2. The van der Waals surface area contributed by atoms with Crippen LogP contribution >= 0.6 is 0 Å². The Labute approximate surface area is 155 Å². The number of halogens is 3. The van der Waals surface area contributed by atoms with E-state index >= 15 is 0 Å². The minimum absolute atomic E-state index is 0.111. The van der Waals surface area contributed by atoms with Crippen LogP contribution in [-0.4, -0.2) is 29.8 Å². The van der Waals surface area contributed by atoms with Crippen LogP contribution in [0.2, 0.25) is 0 Å². The molecule has 0 atom stereocenters. The van der Waals surface area contributed by atoms with E-state index in [9.17, 15) is 22.8 Å². The summed E-state index contributed by atoms with van der Waals surface area (Å²) in [5.74, 6) is -3.08. The van der Waals surface area contributed by atoms with Gasteiger partial charge >= 0.3 is 0 Å². The fourth-order valence-electron chi connectivity index (χ4n) is 3.14. The highest BCUT2D eigenvalue weighted by Gasteiger charge is 2.27. The summed E-state index contributed by atoms with van der Waals surface area (Å²) in [5, 5.41) is 2.58. The normalized spacial score (nSPS) is 14.9. The molecule has 1 N–H and O–H groups in total. The van der Waals surface area contributed by atoms with Gasteiger partial charge in [0.15, 0.2) is 11.6 Å². The number of rotatable bonds is 4. The van der Waals surface area contributed by atoms with Crippen LogP contribution in [0.5, 0.6) is 0 Å². The second-order valence-electron chi connectivity index (χ2n) is 6.58. The van der Waals surface area contributed by atoms with Crippen LogP contribution in [0.3, 0.4) is 0 Å². The van der Waals surface area contributed by atoms with Gasteiger partial charge in [-0.2, -0.15) is 0 Å². The van der Waals surface area contributed by atoms with E-state index < -0.39 is 11.6 Å². The Morgan fingerprint density at radius 2 is 1.74 bits per heavy atom. The molecule has 2 amide bonds. The van der Waals surface area contributed by atoms with Gasteiger partial charge in [0.1, 0.15) is 5.82 Å². The van der Waals surface area contributed by atoms with Crippen molar-refractivity contribution in [1.82, 2.24) is 4.90 Å². The van der Waals surface area contributed by atoms with Crippen LogP contribution in [0.1, 0.15) is 18.4 Å². The molecule has 2 aromatic rings. The van der Waals surface area contributed by atoms with E-state index in [4.69, 9.17) is 0 Å². The maximum Gasteiger partial charge on any atom is 0.227 e. The highest BCUT2D eigenvalue weighted by Crippen LogP contribution is 2.21. The van der Waals surface area contributed by atoms with Crippen molar-refractivity contribution in [3.63, 3.8) is 0 Å². The molecule has 2 aromatic carbocycles. The third kappa shape index (κ3) is 4.87. The first-order chi connectivity index (χ1) is 12.9. The number of amides is 2. The molecule has 1 fully saturated rings. The summed E-state index contributed by atoms with van der Waals surface area (Å²) >= 11 is 0. The van der Waals surface area contributed by atoms with E-state index in [1.54, 1.807) is 17.0 Å². The standard InChI is InChI=1S/C20H19F3N2O2/c21-15-3-1-2-13(10-15)11-19(26)25-8-6-14(7-9-25)20(27)24-16-4-5-17(22)18(23)12-16/h1-5,10,12,14H,6-9,11H2,(H,24,27). The Hall–Kier alpha value is -2.83. The number of carbonyl (C=O) groups excluding carboxylic acids is 2. The van der Waals surface area contributed by atoms with Crippen LogP contribution < -0.4 is 5.32 Å². The van der Waals surface area contributed by atoms with Crippen molar-refractivity contribution in [1.29, 1.82) is 0 Å². The molecule has 0 bridgehead atoms. The lowest BCUT2D eigenvalue weighted by Crippen LogP contribution is -2.42. The van der Waals surface area contributed by atoms with E-state index in [1.807, 2.05) is 0 Å². The molecule has 0 unspecified atom stereocenters. The van der Waals surface area contributed by atoms with Crippen LogP contribution in [0.4, 0.5) is 18.9 Å². The molecule has 0 aliphatic carbocycles. The number of hydrogen-bond donors (Lipinski definition) is 1. The maximum absolute atomic E-state index is 13.2. The lowest BCUT2D eigenvalue weighted by atomic mass is 9.95. The first-order valence-electron chi connectivity index (χ1n) is 8.70. The minimum Gasteiger partial charge on any atom is -0.342 e. The number of benzene rings is 2. The Bertz CT molecular complexity index is 849. The van der Waals surface area contributed by atoms with Crippen LogP contribution in [0.25, 0.3) is 0 Å². The van der Waals surface area contributed by atoms with Crippen molar-refractivity contribution in [2.45, 2.75) is 19.3 Å². The number of piperidine rings is 1. The highest BCUT2D eigenvalue weighted by atomic mass is 19.2. The summed E-state index contributed by atoms with van der Waals surface area (Å²) in [6.45, 7) is 0.841. The summed E-state index contributed by atoms with van der Waals surface area (Å²) in [6, 6.07) is 9.11. The van der Waals surface area contributed by atoms with Crippen LogP contribution in [0.15, 0.2) is 42.5 Å². The number of anilines is 1. The van der Waals surface area contributed by atoms with E-state index in [0.717, 1.165) is 12.1 Å². The Balaban J connectivity index is 1.51. The van der Waals surface area contributed by atoms with Gasteiger partial charge in [-0.05, 0) is 42.7 Å². The van der Waals surface area contributed by atoms with Gasteiger partial charge in [0.25, 0.3) is 0 Å². The van der Waals surface area contributed by atoms with E-state index in [1.165, 1.54) is 18.2 Å². The highest BCUT2D eigenvalue weighted by molar-refractivity contribution is 5.92. The van der Waals surface area contributed by atoms with Gasteiger partial charge in [-0.25, -0.2) is 13.2 Å². The van der Waals surface area contributed by atoms with Gasteiger partial charge in [-0.1, -0.05) is 12.1 Å². The Kier molecular flexibility index (Phi) is 5.78. The zero-order valence-electron chi connectivity index (χ0n) is 14.6. The molecule has 4 nitrogen and oxygen atoms in total. The summed E-state index contributed by atoms with van der Waals surface area (Å²) in [7, 11) is 0. The van der Waals surface area contributed by atoms with Gasteiger partial charge in [0.05, 0.1) is 6.42 Å². The van der Waals surface area contributed by atoms with E-state index in [2.05, 4.69) is 5.32 Å². The fourth-order valence-corrected chi connectivity index (χ4v) is 3.14. The van der Waals surface area contributed by atoms with Crippen molar-refractivity contribution in [3.8, 4) is 0 Å². The first-order valence-corrected chi connectivity index (χ1v) is 8.70. The van der Waals surface area contributed by atoms with Crippen molar-refractivity contribution < 1.29 is 22.8 Å². The van der Waals surface area contributed by atoms with E-state index in [0.29, 0.717) is 31.5 Å². The lowest BCUT2D eigenvalue weighted by Gasteiger charge is -2.31. The molecule has 0 radical (unpaired) electrons. The number of likely N-dealkylation sites (tertiary alicyclic amines) is 1. The number of nitrogens with zero attached hydrogens (tertiary/aromatic N) is 1. The van der Waals surface area contributed by atoms with Crippen LogP contribution in [0, 0.1) is 23.4 Å². The quantitative estimate of drug-likeness (QED) is 0.888. The molecule has 0 aromatic heterocycles. The molecule has 1 aliphatic heterocycles. The third-order valence-corrected chi connectivity index (χ3v) is 4.65. The lowest BCUT2D eigenvalue weighted by molar-refractivity contribution is -0.133. The molecular weight excluding hydrogens is 357 g/mol. The summed E-state index contributed by atoms with van der Waals surface area (Å²) in [4.78, 5) is 26.3. The molecule has 7 heteroatoms. The molecule has 1 aliphatic rings. The maximum atomic E-state index is 13.2. The van der Waals surface area contributed by atoms with Crippen molar-refractivity contribution >= 4 is 17.5 Å². The SMILES string of the molecule is O=C(Nc1ccc(F)c(F)c1)C1CCN(C(=O)Cc2cccc(F)c2)CC1. The van der Waals surface area contributed by atoms with Crippen LogP contribution in [-0.2, 0) is 16.0 Å². The molecule has 3 rings (SSSR count). The van der Waals surface area contributed by atoms with Crippen molar-refractivity contribution in [2.24, 2.45) is 5.92 Å². The average molecular weight is 376 g/mol. The molecule has 0 spiro atoms. The Morgan fingerprint density at radius 1 is 1.00 bits per heavy atom. The molecule has 1 heterocycles. The summed E-state index contributed by atoms with van der Waals surface area (Å²) in [6.07, 6.45) is 1.07. The average Bonchev–Trinajstić information content (AvgIpc) is 2.65. The summed E-state index contributed by atoms with van der Waals surface area (Å²) < 4.78 is 39.4. The predicted molar refractivity (Wildman–Crippen MR) is 94.4 cm³/mol. The van der Waals surface area contributed by atoms with Gasteiger partial charge in [0, 0.05) is 30.8 Å². The zero-order chi connectivity index (χ0) is 19.4. The zero-order valence-corrected chi connectivity index (χ0v) is 14.6. The smallest absolute Gasteiger partial charge is 0.227 e. The number of nitrogens with one attached hydrogen (secondary N) is 1. The minimum atomic E-state index is -1.02. The molecule has 27 heavy (non-hydrogen) atoms. The summed E-state index contributed by atoms with van der Waals surface area (Å²) in [5.41, 5.74) is 0.807. The molecule has 142 valence electrons.